The lowest BCUT2D eigenvalue weighted by Crippen LogP contribution is -2.17. The number of hydrogen-bond donors (Lipinski definition) is 2. The third-order valence-electron chi connectivity index (χ3n) is 4.30. The Labute approximate surface area is 150 Å². The maximum absolute atomic E-state index is 12.2. The maximum Gasteiger partial charge on any atom is 0.271 e. The van der Waals surface area contributed by atoms with Crippen LogP contribution in [-0.4, -0.2) is 17.2 Å². The fourth-order valence-electron chi connectivity index (χ4n) is 3.02. The largest absolute Gasteiger partial charge is 0.508 e. The fourth-order valence-corrected chi connectivity index (χ4v) is 3.02. The maximum atomic E-state index is 12.2. The Morgan fingerprint density at radius 3 is 2.04 bits per heavy atom. The highest BCUT2D eigenvalue weighted by Crippen LogP contribution is 2.27. The number of phenolic OH excluding ortho intramolecular Hbond substituents is 1. The van der Waals surface area contributed by atoms with Crippen molar-refractivity contribution in [1.82, 2.24) is 5.43 Å². The summed E-state index contributed by atoms with van der Waals surface area (Å²) in [4.78, 5) is 12.2. The van der Waals surface area contributed by atoms with Crippen molar-refractivity contribution < 1.29 is 9.90 Å². The predicted molar refractivity (Wildman–Crippen MR) is 105 cm³/mol. The number of carbonyl (C=O) groups is 1. The quantitative estimate of drug-likeness (QED) is 0.328. The number of amides is 1. The monoisotopic (exact) mass is 340 g/mol. The van der Waals surface area contributed by atoms with E-state index in [9.17, 15) is 9.90 Å². The molecule has 4 aromatic carbocycles. The minimum atomic E-state index is -0.328. The lowest BCUT2D eigenvalue weighted by atomic mass is 9.97. The second-order valence-corrected chi connectivity index (χ2v) is 5.98. The predicted octanol–water partition coefficient (Wildman–Crippen LogP) is 4.46. The molecule has 4 nitrogen and oxygen atoms in total. The van der Waals surface area contributed by atoms with Crippen LogP contribution >= 0.6 is 0 Å². The molecule has 0 aromatic heterocycles. The van der Waals surface area contributed by atoms with Crippen molar-refractivity contribution in [3.8, 4) is 5.75 Å². The van der Waals surface area contributed by atoms with E-state index in [4.69, 9.17) is 0 Å². The molecule has 0 fully saturated rings. The van der Waals surface area contributed by atoms with Crippen molar-refractivity contribution in [2.75, 3.05) is 0 Å². The molecule has 0 aliphatic heterocycles. The minimum Gasteiger partial charge on any atom is -0.508 e. The summed E-state index contributed by atoms with van der Waals surface area (Å²) in [7, 11) is 0. The highest BCUT2D eigenvalue weighted by atomic mass is 16.3. The minimum absolute atomic E-state index is 0.118. The van der Waals surface area contributed by atoms with Crippen LogP contribution in [0.4, 0.5) is 0 Å². The molecule has 4 rings (SSSR count). The standard InChI is InChI=1S/C22H16N2O2/c25-18-11-9-15(10-12-18)22(26)24-23-14-21-19-7-3-1-5-16(19)13-17-6-2-4-8-20(17)21/h1-14,25H,(H,24,26). The number of carbonyl (C=O) groups excluding carboxylic acids is 1. The summed E-state index contributed by atoms with van der Waals surface area (Å²) in [5.41, 5.74) is 3.94. The summed E-state index contributed by atoms with van der Waals surface area (Å²) in [6.07, 6.45) is 1.68. The highest BCUT2D eigenvalue weighted by Gasteiger charge is 2.06. The molecule has 26 heavy (non-hydrogen) atoms. The molecule has 0 unspecified atom stereocenters. The molecule has 0 aliphatic rings. The summed E-state index contributed by atoms with van der Waals surface area (Å²) in [6.45, 7) is 0. The zero-order valence-corrected chi connectivity index (χ0v) is 13.9. The van der Waals surface area contributed by atoms with Gasteiger partial charge in [-0.15, -0.1) is 0 Å². The number of phenols is 1. The van der Waals surface area contributed by atoms with Gasteiger partial charge in [-0.3, -0.25) is 4.79 Å². The number of rotatable bonds is 3. The van der Waals surface area contributed by atoms with Gasteiger partial charge >= 0.3 is 0 Å². The van der Waals surface area contributed by atoms with Crippen molar-refractivity contribution in [2.24, 2.45) is 5.10 Å². The molecule has 0 aliphatic carbocycles. The van der Waals surface area contributed by atoms with E-state index in [1.807, 2.05) is 36.4 Å². The van der Waals surface area contributed by atoms with E-state index in [0.29, 0.717) is 5.56 Å². The summed E-state index contributed by atoms with van der Waals surface area (Å²) < 4.78 is 0. The molecule has 0 saturated carbocycles. The van der Waals surface area contributed by atoms with Gasteiger partial charge in [0.05, 0.1) is 6.21 Å². The first kappa shape index (κ1) is 15.8. The topological polar surface area (TPSA) is 61.7 Å². The number of nitrogens with one attached hydrogen (secondary N) is 1. The van der Waals surface area contributed by atoms with Gasteiger partial charge in [0.2, 0.25) is 0 Å². The smallest absolute Gasteiger partial charge is 0.271 e. The van der Waals surface area contributed by atoms with Gasteiger partial charge in [0.1, 0.15) is 5.75 Å². The van der Waals surface area contributed by atoms with E-state index in [0.717, 1.165) is 27.1 Å². The Morgan fingerprint density at radius 2 is 1.42 bits per heavy atom. The van der Waals surface area contributed by atoms with Crippen LogP contribution < -0.4 is 5.43 Å². The molecule has 4 heteroatoms. The van der Waals surface area contributed by atoms with E-state index in [1.165, 1.54) is 12.1 Å². The first-order chi connectivity index (χ1) is 12.7. The van der Waals surface area contributed by atoms with Crippen LogP contribution in [0.3, 0.4) is 0 Å². The summed E-state index contributed by atoms with van der Waals surface area (Å²) in [5.74, 6) is -0.210. The number of aromatic hydroxyl groups is 1. The van der Waals surface area contributed by atoms with Crippen molar-refractivity contribution in [3.63, 3.8) is 0 Å². The van der Waals surface area contributed by atoms with E-state index in [1.54, 1.807) is 18.3 Å². The Balaban J connectivity index is 1.70. The number of benzene rings is 4. The average Bonchev–Trinajstić information content (AvgIpc) is 2.68. The number of hydrazone groups is 1. The fraction of sp³-hybridized carbons (Fsp3) is 0. The van der Waals surface area contributed by atoms with Crippen molar-refractivity contribution >= 4 is 33.7 Å². The van der Waals surface area contributed by atoms with E-state index < -0.39 is 0 Å². The summed E-state index contributed by atoms with van der Waals surface area (Å²) in [5, 5.41) is 17.9. The average molecular weight is 340 g/mol. The van der Waals surface area contributed by atoms with E-state index in [-0.39, 0.29) is 11.7 Å². The van der Waals surface area contributed by atoms with Crippen LogP contribution in [0, 0.1) is 0 Å². The van der Waals surface area contributed by atoms with E-state index in [2.05, 4.69) is 28.7 Å². The Hall–Kier alpha value is -3.66. The molecule has 0 saturated heterocycles. The normalized spacial score (nSPS) is 11.2. The van der Waals surface area contributed by atoms with Crippen molar-refractivity contribution in [1.29, 1.82) is 0 Å². The van der Waals surface area contributed by atoms with Gasteiger partial charge in [-0.05, 0) is 51.9 Å². The van der Waals surface area contributed by atoms with Gasteiger partial charge in [-0.25, -0.2) is 5.43 Å². The second kappa shape index (κ2) is 6.69. The van der Waals surface area contributed by atoms with E-state index >= 15 is 0 Å². The van der Waals surface area contributed by atoms with Crippen molar-refractivity contribution in [3.05, 3.63) is 90.0 Å². The molecular formula is C22H16N2O2. The van der Waals surface area contributed by atoms with Gasteiger partial charge < -0.3 is 5.11 Å². The molecular weight excluding hydrogens is 324 g/mol. The molecule has 2 N–H and O–H groups in total. The lowest BCUT2D eigenvalue weighted by molar-refractivity contribution is 0.0955. The molecule has 0 atom stereocenters. The third-order valence-corrected chi connectivity index (χ3v) is 4.30. The Kier molecular flexibility index (Phi) is 4.07. The summed E-state index contributed by atoms with van der Waals surface area (Å²) in [6, 6.07) is 24.4. The molecule has 0 spiro atoms. The number of fused-ring (bicyclic) bond motifs is 2. The second-order valence-electron chi connectivity index (χ2n) is 5.98. The third kappa shape index (κ3) is 3.00. The van der Waals surface area contributed by atoms with Crippen LogP contribution in [0.15, 0.2) is 84.0 Å². The zero-order valence-electron chi connectivity index (χ0n) is 13.9. The Bertz CT molecular complexity index is 1080. The van der Waals surface area contributed by atoms with Crippen LogP contribution in [-0.2, 0) is 0 Å². The number of nitrogens with zero attached hydrogens (tertiary/aromatic N) is 1. The highest BCUT2D eigenvalue weighted by molar-refractivity contribution is 6.13. The molecule has 0 heterocycles. The summed E-state index contributed by atoms with van der Waals surface area (Å²) >= 11 is 0. The van der Waals surface area contributed by atoms with Crippen LogP contribution in [0.25, 0.3) is 21.5 Å². The number of hydrogen-bond acceptors (Lipinski definition) is 3. The SMILES string of the molecule is O=C(NN=Cc1c2ccccc2cc2ccccc12)c1ccc(O)cc1. The van der Waals surface area contributed by atoms with Gasteiger partial charge in [-0.1, -0.05) is 48.5 Å². The first-order valence-electron chi connectivity index (χ1n) is 8.25. The molecule has 1 amide bonds. The van der Waals surface area contributed by atoms with Gasteiger partial charge in [0, 0.05) is 11.1 Å². The van der Waals surface area contributed by atoms with Crippen LogP contribution in [0.2, 0.25) is 0 Å². The van der Waals surface area contributed by atoms with Crippen LogP contribution in [0.5, 0.6) is 5.75 Å². The lowest BCUT2D eigenvalue weighted by Gasteiger charge is -2.08. The zero-order chi connectivity index (χ0) is 17.9. The van der Waals surface area contributed by atoms with Crippen molar-refractivity contribution in [2.45, 2.75) is 0 Å². The molecule has 126 valence electrons. The molecule has 4 aromatic rings. The van der Waals surface area contributed by atoms with Gasteiger partial charge in [0.15, 0.2) is 0 Å². The molecule has 0 radical (unpaired) electrons. The van der Waals surface area contributed by atoms with Crippen LogP contribution in [0.1, 0.15) is 15.9 Å². The first-order valence-corrected chi connectivity index (χ1v) is 8.25. The van der Waals surface area contributed by atoms with Gasteiger partial charge in [0.25, 0.3) is 5.91 Å². The molecule has 0 bridgehead atoms. The van der Waals surface area contributed by atoms with Gasteiger partial charge in [-0.2, -0.15) is 5.10 Å². The Morgan fingerprint density at radius 1 is 0.846 bits per heavy atom.